The summed E-state index contributed by atoms with van der Waals surface area (Å²) in [6.07, 6.45) is 3.49. The molecule has 0 amide bonds. The molecule has 0 bridgehead atoms. The maximum absolute atomic E-state index is 12.5. The number of hydroxylamine groups is 1. The molecule has 10 heteroatoms. The van der Waals surface area contributed by atoms with Gasteiger partial charge in [-0.2, -0.15) is 0 Å². The highest BCUT2D eigenvalue weighted by atomic mass is 32.2. The normalized spacial score (nSPS) is 17.5. The van der Waals surface area contributed by atoms with E-state index in [0.717, 1.165) is 23.5 Å². The van der Waals surface area contributed by atoms with Gasteiger partial charge in [0.1, 0.15) is 10.5 Å². The van der Waals surface area contributed by atoms with Crippen LogP contribution in [0, 0.1) is 0 Å². The Hall–Kier alpha value is -2.04. The van der Waals surface area contributed by atoms with Crippen molar-refractivity contribution in [1.82, 2.24) is 19.4 Å². The van der Waals surface area contributed by atoms with E-state index in [-0.39, 0.29) is 22.5 Å². The molecule has 0 saturated carbocycles. The molecule has 0 unspecified atom stereocenters. The summed E-state index contributed by atoms with van der Waals surface area (Å²) in [5, 5.41) is -0.00417. The number of aromatic amines is 2. The summed E-state index contributed by atoms with van der Waals surface area (Å²) in [7, 11) is -3.90. The zero-order chi connectivity index (χ0) is 15.7. The molecule has 0 atom stereocenters. The molecule has 1 aliphatic heterocycles. The predicted octanol–water partition coefficient (Wildman–Crippen LogP) is -0.282. The predicted molar refractivity (Wildman–Crippen MR) is 76.7 cm³/mol. The monoisotopic (exact) mass is 326 g/mol. The smallest absolute Gasteiger partial charge is 0.291 e. The van der Waals surface area contributed by atoms with Gasteiger partial charge < -0.3 is 0 Å². The number of hydrogen-bond donors (Lipinski definition) is 2. The van der Waals surface area contributed by atoms with Crippen LogP contribution >= 0.6 is 0 Å². The molecule has 2 aromatic heterocycles. The van der Waals surface area contributed by atoms with Gasteiger partial charge in [-0.25, -0.2) is 18.2 Å². The molecule has 2 aromatic rings. The largest absolute Gasteiger partial charge is 0.327 e. The van der Waals surface area contributed by atoms with Gasteiger partial charge in [-0.1, -0.05) is 4.47 Å². The highest BCUT2D eigenvalue weighted by Crippen LogP contribution is 2.20. The minimum Gasteiger partial charge on any atom is -0.291 e. The van der Waals surface area contributed by atoms with E-state index in [4.69, 9.17) is 4.84 Å². The van der Waals surface area contributed by atoms with Crippen molar-refractivity contribution < 1.29 is 13.3 Å². The number of aromatic nitrogens is 3. The Morgan fingerprint density at radius 2 is 2.00 bits per heavy atom. The van der Waals surface area contributed by atoms with E-state index in [1.54, 1.807) is 0 Å². The molecule has 3 rings (SSSR count). The molecule has 1 aliphatic rings. The van der Waals surface area contributed by atoms with Gasteiger partial charge in [0.05, 0.1) is 12.0 Å². The molecule has 0 aromatic carbocycles. The third kappa shape index (κ3) is 2.67. The average Bonchev–Trinajstić information content (AvgIpc) is 2.76. The number of pyridine rings is 1. The Kier molecular flexibility index (Phi) is 3.81. The van der Waals surface area contributed by atoms with Gasteiger partial charge >= 0.3 is 5.69 Å². The molecule has 0 spiro atoms. The molecular weight excluding hydrogens is 312 g/mol. The van der Waals surface area contributed by atoms with Crippen LogP contribution in [0.1, 0.15) is 19.3 Å². The van der Waals surface area contributed by atoms with Crippen LogP contribution < -0.4 is 11.2 Å². The van der Waals surface area contributed by atoms with Crippen LogP contribution in [0.5, 0.6) is 0 Å². The topological polar surface area (TPSA) is 125 Å². The van der Waals surface area contributed by atoms with E-state index in [9.17, 15) is 18.0 Å². The average molecular weight is 326 g/mol. The van der Waals surface area contributed by atoms with Crippen LogP contribution in [0.3, 0.4) is 0 Å². The third-order valence-electron chi connectivity index (χ3n) is 3.35. The van der Waals surface area contributed by atoms with Gasteiger partial charge in [-0.3, -0.25) is 19.6 Å². The van der Waals surface area contributed by atoms with Crippen molar-refractivity contribution in [3.8, 4) is 0 Å². The highest BCUT2D eigenvalue weighted by molar-refractivity contribution is 7.89. The second kappa shape index (κ2) is 5.63. The van der Waals surface area contributed by atoms with Crippen molar-refractivity contribution in [1.29, 1.82) is 0 Å². The number of sulfonamides is 1. The quantitative estimate of drug-likeness (QED) is 0.781. The molecule has 22 heavy (non-hydrogen) atoms. The number of nitrogens with zero attached hydrogens (tertiary/aromatic N) is 2. The van der Waals surface area contributed by atoms with Gasteiger partial charge in [0.2, 0.25) is 0 Å². The summed E-state index contributed by atoms with van der Waals surface area (Å²) in [6.45, 7) is 0.580. The van der Waals surface area contributed by atoms with Crippen LogP contribution in [0.15, 0.2) is 26.7 Å². The van der Waals surface area contributed by atoms with Crippen molar-refractivity contribution in [2.45, 2.75) is 24.2 Å². The number of H-pyrrole nitrogens is 2. The lowest BCUT2D eigenvalue weighted by atomic mass is 10.2. The fraction of sp³-hybridized carbons (Fsp3) is 0.417. The molecule has 1 saturated heterocycles. The SMILES string of the molecule is O=c1[nH]c(=O)c2cc(S(=O)(=O)N3CCCCCO3)cnc2[nH]1. The minimum atomic E-state index is -3.90. The Balaban J connectivity index is 2.09. The molecule has 118 valence electrons. The molecule has 0 radical (unpaired) electrons. The lowest BCUT2D eigenvalue weighted by Crippen LogP contribution is -2.31. The molecular formula is C12H14N4O5S. The molecule has 9 nitrogen and oxygen atoms in total. The standard InChI is InChI=1S/C12H14N4O5S/c17-11-9-6-8(7-13-10(9)14-12(18)15-11)22(19,20)16-4-2-1-3-5-21-16/h6-7H,1-5H2,(H2,13,14,15,17,18). The van der Waals surface area contributed by atoms with E-state index >= 15 is 0 Å². The number of hydrogen-bond acceptors (Lipinski definition) is 6. The van der Waals surface area contributed by atoms with Gasteiger partial charge in [0.25, 0.3) is 15.6 Å². The third-order valence-corrected chi connectivity index (χ3v) is 5.00. The van der Waals surface area contributed by atoms with Crippen molar-refractivity contribution in [2.24, 2.45) is 0 Å². The van der Waals surface area contributed by atoms with E-state index in [1.807, 2.05) is 4.98 Å². The van der Waals surface area contributed by atoms with E-state index in [2.05, 4.69) is 9.97 Å². The Morgan fingerprint density at radius 1 is 1.18 bits per heavy atom. The number of fused-ring (bicyclic) bond motifs is 1. The van der Waals surface area contributed by atoms with Gasteiger partial charge in [0.15, 0.2) is 0 Å². The van der Waals surface area contributed by atoms with Gasteiger partial charge in [0, 0.05) is 12.7 Å². The Morgan fingerprint density at radius 3 is 2.82 bits per heavy atom. The Bertz CT molecular complexity index is 909. The molecule has 0 aliphatic carbocycles. The van der Waals surface area contributed by atoms with Gasteiger partial charge in [-0.05, 0) is 25.3 Å². The first-order valence-electron chi connectivity index (χ1n) is 6.76. The van der Waals surface area contributed by atoms with Crippen molar-refractivity contribution in [3.63, 3.8) is 0 Å². The number of rotatable bonds is 2. The van der Waals surface area contributed by atoms with Crippen LogP contribution in [0.4, 0.5) is 0 Å². The van der Waals surface area contributed by atoms with Crippen LogP contribution in [0.25, 0.3) is 11.0 Å². The molecule has 2 N–H and O–H groups in total. The second-order valence-corrected chi connectivity index (χ2v) is 6.73. The molecule has 1 fully saturated rings. The van der Waals surface area contributed by atoms with Crippen molar-refractivity contribution in [2.75, 3.05) is 13.2 Å². The minimum absolute atomic E-state index is 0.00417. The summed E-state index contributed by atoms with van der Waals surface area (Å²) in [6, 6.07) is 1.18. The zero-order valence-corrected chi connectivity index (χ0v) is 12.4. The van der Waals surface area contributed by atoms with Crippen molar-refractivity contribution in [3.05, 3.63) is 33.1 Å². The fourth-order valence-corrected chi connectivity index (χ4v) is 3.50. The van der Waals surface area contributed by atoms with Crippen molar-refractivity contribution >= 4 is 21.1 Å². The summed E-state index contributed by atoms with van der Waals surface area (Å²) in [5.74, 6) is 0. The summed E-state index contributed by atoms with van der Waals surface area (Å²) in [4.78, 5) is 36.3. The first kappa shape index (κ1) is 14.9. The highest BCUT2D eigenvalue weighted by Gasteiger charge is 2.27. The lowest BCUT2D eigenvalue weighted by molar-refractivity contribution is -0.0748. The summed E-state index contributed by atoms with van der Waals surface area (Å²) < 4.78 is 26.0. The van der Waals surface area contributed by atoms with E-state index < -0.39 is 21.3 Å². The summed E-state index contributed by atoms with van der Waals surface area (Å²) in [5.41, 5.74) is -1.36. The fourth-order valence-electron chi connectivity index (χ4n) is 2.23. The van der Waals surface area contributed by atoms with Gasteiger partial charge in [-0.15, -0.1) is 0 Å². The van der Waals surface area contributed by atoms with E-state index in [1.165, 1.54) is 6.07 Å². The first-order chi connectivity index (χ1) is 10.5. The van der Waals surface area contributed by atoms with Crippen LogP contribution in [0.2, 0.25) is 0 Å². The van der Waals surface area contributed by atoms with Crippen LogP contribution in [-0.4, -0.2) is 41.0 Å². The summed E-state index contributed by atoms with van der Waals surface area (Å²) >= 11 is 0. The molecule has 3 heterocycles. The van der Waals surface area contributed by atoms with E-state index in [0.29, 0.717) is 13.0 Å². The second-order valence-electron chi connectivity index (χ2n) is 4.90. The zero-order valence-electron chi connectivity index (χ0n) is 11.5. The number of nitrogens with one attached hydrogen (secondary N) is 2. The maximum Gasteiger partial charge on any atom is 0.327 e. The first-order valence-corrected chi connectivity index (χ1v) is 8.20. The maximum atomic E-state index is 12.5. The Labute approximate surface area is 125 Å². The lowest BCUT2D eigenvalue weighted by Gasteiger charge is -2.18. The van der Waals surface area contributed by atoms with Crippen LogP contribution in [-0.2, 0) is 14.9 Å².